The van der Waals surface area contributed by atoms with Crippen LogP contribution >= 0.6 is 0 Å². The van der Waals surface area contributed by atoms with Crippen LogP contribution in [0.4, 0.5) is 0 Å². The van der Waals surface area contributed by atoms with Gasteiger partial charge in [0, 0.05) is 24.7 Å². The highest BCUT2D eigenvalue weighted by Gasteiger charge is 2.32. The van der Waals surface area contributed by atoms with Gasteiger partial charge in [-0.15, -0.1) is 0 Å². The van der Waals surface area contributed by atoms with Crippen molar-refractivity contribution < 1.29 is 4.79 Å². The van der Waals surface area contributed by atoms with Gasteiger partial charge in [0.25, 0.3) is 0 Å². The highest BCUT2D eigenvalue weighted by molar-refractivity contribution is 5.82. The summed E-state index contributed by atoms with van der Waals surface area (Å²) in [5, 5.41) is 0. The smallest absolute Gasteiger partial charge is 0.240 e. The maximum Gasteiger partial charge on any atom is 0.240 e. The van der Waals surface area contributed by atoms with Crippen LogP contribution in [-0.2, 0) is 24.3 Å². The quantitative estimate of drug-likeness (QED) is 0.853. The molecule has 1 amide bonds. The Balaban J connectivity index is 1.67. The Morgan fingerprint density at radius 1 is 1.23 bits per heavy atom. The molecular weight excluding hydrogens is 276 g/mol. The normalized spacial score (nSPS) is 19.7. The lowest BCUT2D eigenvalue weighted by Gasteiger charge is -2.27. The zero-order valence-electron chi connectivity index (χ0n) is 13.9. The van der Waals surface area contributed by atoms with Crippen LogP contribution in [0.15, 0.2) is 6.20 Å². The van der Waals surface area contributed by atoms with Crippen molar-refractivity contribution in [3.05, 3.63) is 23.3 Å². The standard InChI is InChI=1S/C17H26N4O/c1-12(2)8-16-18-9-14-10-21(11-15(14)19-16)17(22)13(3)20-6-4-5-7-20/h9,12-13H,4-8,10-11H2,1-3H3/t13-/m0/s1. The zero-order chi connectivity index (χ0) is 15.7. The number of nitrogens with zero attached hydrogens (tertiary/aromatic N) is 4. The fraction of sp³-hybridized carbons (Fsp3) is 0.706. The number of hydrogen-bond acceptors (Lipinski definition) is 4. The molecule has 0 N–H and O–H groups in total. The van der Waals surface area contributed by atoms with Gasteiger partial charge in [0.15, 0.2) is 0 Å². The molecule has 0 saturated carbocycles. The highest BCUT2D eigenvalue weighted by Crippen LogP contribution is 2.23. The van der Waals surface area contributed by atoms with Crippen LogP contribution in [0.1, 0.15) is 50.7 Å². The second-order valence-corrected chi connectivity index (χ2v) is 6.97. The third-order valence-corrected chi connectivity index (χ3v) is 4.65. The summed E-state index contributed by atoms with van der Waals surface area (Å²) in [4.78, 5) is 26.0. The molecule has 1 saturated heterocycles. The number of carbonyl (C=O) groups excluding carboxylic acids is 1. The predicted molar refractivity (Wildman–Crippen MR) is 85.1 cm³/mol. The molecule has 0 bridgehead atoms. The molecule has 0 aromatic carbocycles. The molecule has 22 heavy (non-hydrogen) atoms. The van der Waals surface area contributed by atoms with Crippen molar-refractivity contribution in [2.24, 2.45) is 5.92 Å². The third-order valence-electron chi connectivity index (χ3n) is 4.65. The van der Waals surface area contributed by atoms with Gasteiger partial charge in [0.05, 0.1) is 18.3 Å². The largest absolute Gasteiger partial charge is 0.331 e. The van der Waals surface area contributed by atoms with Crippen LogP contribution in [0.2, 0.25) is 0 Å². The summed E-state index contributed by atoms with van der Waals surface area (Å²) in [6.45, 7) is 9.77. The van der Waals surface area contributed by atoms with Gasteiger partial charge >= 0.3 is 0 Å². The lowest BCUT2D eigenvalue weighted by molar-refractivity contribution is -0.136. The molecule has 5 nitrogen and oxygen atoms in total. The van der Waals surface area contributed by atoms with Crippen molar-refractivity contribution in [1.82, 2.24) is 19.8 Å². The number of hydrogen-bond donors (Lipinski definition) is 0. The molecule has 0 unspecified atom stereocenters. The summed E-state index contributed by atoms with van der Waals surface area (Å²) in [5.74, 6) is 1.67. The van der Waals surface area contributed by atoms with E-state index in [9.17, 15) is 4.79 Å². The average Bonchev–Trinajstić information content (AvgIpc) is 3.13. The first-order valence-corrected chi connectivity index (χ1v) is 8.41. The highest BCUT2D eigenvalue weighted by atomic mass is 16.2. The molecule has 120 valence electrons. The first kappa shape index (κ1) is 15.4. The fourth-order valence-corrected chi connectivity index (χ4v) is 3.36. The monoisotopic (exact) mass is 302 g/mol. The van der Waals surface area contributed by atoms with E-state index < -0.39 is 0 Å². The second kappa shape index (κ2) is 6.32. The summed E-state index contributed by atoms with van der Waals surface area (Å²) in [6.07, 6.45) is 5.23. The van der Waals surface area contributed by atoms with Crippen molar-refractivity contribution in [2.45, 2.75) is 59.2 Å². The number of aromatic nitrogens is 2. The SMILES string of the molecule is CC(C)Cc1ncc2c(n1)CN(C(=O)[C@H](C)N1CCCC1)C2. The molecular formula is C17H26N4O. The summed E-state index contributed by atoms with van der Waals surface area (Å²) in [7, 11) is 0. The lowest BCUT2D eigenvalue weighted by atomic mass is 10.1. The molecule has 1 atom stereocenters. The Labute approximate surface area is 132 Å². The number of rotatable bonds is 4. The van der Waals surface area contributed by atoms with Gasteiger partial charge in [-0.1, -0.05) is 13.8 Å². The van der Waals surface area contributed by atoms with Crippen LogP contribution in [-0.4, -0.2) is 44.8 Å². The Bertz CT molecular complexity index is 552. The number of fused-ring (bicyclic) bond motifs is 1. The van der Waals surface area contributed by atoms with Gasteiger partial charge < -0.3 is 4.90 Å². The molecule has 1 aromatic rings. The average molecular weight is 302 g/mol. The van der Waals surface area contributed by atoms with Gasteiger partial charge in [-0.2, -0.15) is 0 Å². The van der Waals surface area contributed by atoms with E-state index in [4.69, 9.17) is 0 Å². The first-order chi connectivity index (χ1) is 10.5. The minimum absolute atomic E-state index is 0.0140. The molecule has 0 spiro atoms. The van der Waals surface area contributed by atoms with Gasteiger partial charge in [0.2, 0.25) is 5.91 Å². The van der Waals surface area contributed by atoms with Crippen LogP contribution < -0.4 is 0 Å². The predicted octanol–water partition coefficient (Wildman–Crippen LogP) is 2.00. The van der Waals surface area contributed by atoms with Crippen molar-refractivity contribution >= 4 is 5.91 Å². The maximum absolute atomic E-state index is 12.7. The Morgan fingerprint density at radius 3 is 2.64 bits per heavy atom. The molecule has 1 aromatic heterocycles. The summed E-state index contributed by atoms with van der Waals surface area (Å²) in [6, 6.07) is -0.0140. The van der Waals surface area contributed by atoms with Crippen molar-refractivity contribution in [3.8, 4) is 0 Å². The van der Waals surface area contributed by atoms with Gasteiger partial charge in [0.1, 0.15) is 5.82 Å². The number of carbonyl (C=O) groups is 1. The first-order valence-electron chi connectivity index (χ1n) is 8.41. The van der Waals surface area contributed by atoms with Crippen LogP contribution in [0.3, 0.4) is 0 Å². The minimum Gasteiger partial charge on any atom is -0.331 e. The lowest BCUT2D eigenvalue weighted by Crippen LogP contribution is -2.44. The third kappa shape index (κ3) is 3.14. The molecule has 0 aliphatic carbocycles. The van der Waals surface area contributed by atoms with Gasteiger partial charge in [-0.25, -0.2) is 9.97 Å². The van der Waals surface area contributed by atoms with Crippen molar-refractivity contribution in [3.63, 3.8) is 0 Å². The molecule has 3 heterocycles. The van der Waals surface area contributed by atoms with E-state index in [1.165, 1.54) is 12.8 Å². The Morgan fingerprint density at radius 2 is 1.95 bits per heavy atom. The second-order valence-electron chi connectivity index (χ2n) is 6.97. The van der Waals surface area contributed by atoms with Gasteiger partial charge in [-0.3, -0.25) is 9.69 Å². The van der Waals surface area contributed by atoms with Crippen LogP contribution in [0.25, 0.3) is 0 Å². The molecule has 5 heteroatoms. The zero-order valence-corrected chi connectivity index (χ0v) is 13.9. The van der Waals surface area contributed by atoms with E-state index >= 15 is 0 Å². The number of amides is 1. The Kier molecular flexibility index (Phi) is 4.43. The molecule has 0 radical (unpaired) electrons. The summed E-state index contributed by atoms with van der Waals surface area (Å²) in [5.41, 5.74) is 2.14. The molecule has 1 fully saturated rings. The van der Waals surface area contributed by atoms with Crippen LogP contribution in [0, 0.1) is 5.92 Å². The number of likely N-dealkylation sites (tertiary alicyclic amines) is 1. The van der Waals surface area contributed by atoms with Gasteiger partial charge in [-0.05, 0) is 38.8 Å². The van der Waals surface area contributed by atoms with Crippen LogP contribution in [0.5, 0.6) is 0 Å². The summed E-state index contributed by atoms with van der Waals surface area (Å²) >= 11 is 0. The molecule has 2 aliphatic rings. The van der Waals surface area contributed by atoms with E-state index in [2.05, 4.69) is 28.7 Å². The van der Waals surface area contributed by atoms with E-state index in [-0.39, 0.29) is 11.9 Å². The molecule has 3 rings (SSSR count). The van der Waals surface area contributed by atoms with E-state index in [1.807, 2.05) is 18.0 Å². The summed E-state index contributed by atoms with van der Waals surface area (Å²) < 4.78 is 0. The van der Waals surface area contributed by atoms with Crippen molar-refractivity contribution in [2.75, 3.05) is 13.1 Å². The van der Waals surface area contributed by atoms with E-state index in [0.717, 1.165) is 36.6 Å². The Hall–Kier alpha value is -1.49. The van der Waals surface area contributed by atoms with E-state index in [1.54, 1.807) is 0 Å². The van der Waals surface area contributed by atoms with E-state index in [0.29, 0.717) is 19.0 Å². The topological polar surface area (TPSA) is 49.3 Å². The minimum atomic E-state index is -0.0140. The maximum atomic E-state index is 12.7. The fourth-order valence-electron chi connectivity index (χ4n) is 3.36. The van der Waals surface area contributed by atoms with Crippen molar-refractivity contribution in [1.29, 1.82) is 0 Å². The molecule has 2 aliphatic heterocycles.